The highest BCUT2D eigenvalue weighted by atomic mass is 79.9. The summed E-state index contributed by atoms with van der Waals surface area (Å²) in [5.41, 5.74) is 0.916. The molecule has 0 aliphatic heterocycles. The lowest BCUT2D eigenvalue weighted by molar-refractivity contribution is 0.0601. The number of esters is 1. The molecule has 0 bridgehead atoms. The van der Waals surface area contributed by atoms with E-state index < -0.39 is 12.1 Å². The van der Waals surface area contributed by atoms with Gasteiger partial charge in [-0.25, -0.2) is 4.79 Å². The summed E-state index contributed by atoms with van der Waals surface area (Å²) in [5.74, 6) is -0.460. The van der Waals surface area contributed by atoms with E-state index in [-0.39, 0.29) is 13.2 Å². The largest absolute Gasteiger partial charge is 0.465 e. The molecule has 1 atom stereocenters. The van der Waals surface area contributed by atoms with E-state index >= 15 is 0 Å². The van der Waals surface area contributed by atoms with Gasteiger partial charge in [0.25, 0.3) is 0 Å². The van der Waals surface area contributed by atoms with Crippen LogP contribution in [0.2, 0.25) is 0 Å². The first-order chi connectivity index (χ1) is 8.08. The molecule has 1 aromatic carbocycles. The van der Waals surface area contributed by atoms with Gasteiger partial charge in [-0.1, -0.05) is 15.9 Å². The molecule has 5 nitrogen and oxygen atoms in total. The topological polar surface area (TPSA) is 78.8 Å². The van der Waals surface area contributed by atoms with E-state index in [1.165, 1.54) is 7.11 Å². The van der Waals surface area contributed by atoms with Gasteiger partial charge in [0.1, 0.15) is 0 Å². The molecule has 94 valence electrons. The smallest absolute Gasteiger partial charge is 0.339 e. The third-order valence-corrected chi connectivity index (χ3v) is 2.62. The van der Waals surface area contributed by atoms with Crippen molar-refractivity contribution in [3.05, 3.63) is 28.2 Å². The fourth-order valence-electron chi connectivity index (χ4n) is 1.24. The molecule has 1 aromatic rings. The summed E-state index contributed by atoms with van der Waals surface area (Å²) in [4.78, 5) is 11.5. The number of nitrogens with one attached hydrogen (secondary N) is 1. The Bertz CT molecular complexity index is 397. The Hall–Kier alpha value is -1.11. The number of ether oxygens (including phenoxy) is 1. The standard InChI is InChI=1S/C11H14BrNO4/c1-17-11(16)9-3-2-7(12)4-10(9)13-5-8(15)6-14/h2-4,8,13-15H,5-6H2,1H3. The number of methoxy groups -OCH3 is 1. The molecule has 0 fully saturated rings. The Labute approximate surface area is 108 Å². The fraction of sp³-hybridized carbons (Fsp3) is 0.364. The van der Waals surface area contributed by atoms with Gasteiger partial charge in [-0.15, -0.1) is 0 Å². The number of carbonyl (C=O) groups excluding carboxylic acids is 1. The molecule has 1 unspecified atom stereocenters. The van der Waals surface area contributed by atoms with Gasteiger partial charge in [-0.2, -0.15) is 0 Å². The van der Waals surface area contributed by atoms with Crippen LogP contribution in [0.15, 0.2) is 22.7 Å². The second-order valence-electron chi connectivity index (χ2n) is 3.40. The Kier molecular flexibility index (Phi) is 5.40. The number of anilines is 1. The van der Waals surface area contributed by atoms with E-state index in [1.54, 1.807) is 18.2 Å². The fourth-order valence-corrected chi connectivity index (χ4v) is 1.60. The van der Waals surface area contributed by atoms with Gasteiger partial charge in [0.15, 0.2) is 0 Å². The maximum absolute atomic E-state index is 11.5. The SMILES string of the molecule is COC(=O)c1ccc(Br)cc1NCC(O)CO. The van der Waals surface area contributed by atoms with E-state index in [0.29, 0.717) is 11.3 Å². The van der Waals surface area contributed by atoms with E-state index in [2.05, 4.69) is 26.0 Å². The van der Waals surface area contributed by atoms with Crippen molar-refractivity contribution in [3.63, 3.8) is 0 Å². The average Bonchev–Trinajstić information content (AvgIpc) is 2.35. The van der Waals surface area contributed by atoms with Crippen LogP contribution in [-0.2, 0) is 4.74 Å². The number of rotatable bonds is 5. The van der Waals surface area contributed by atoms with Crippen molar-refractivity contribution < 1.29 is 19.7 Å². The quantitative estimate of drug-likeness (QED) is 0.707. The zero-order valence-electron chi connectivity index (χ0n) is 9.31. The number of aliphatic hydroxyl groups is 2. The second-order valence-corrected chi connectivity index (χ2v) is 4.31. The predicted octanol–water partition coefficient (Wildman–Crippen LogP) is 1.00. The summed E-state index contributed by atoms with van der Waals surface area (Å²) in [6, 6.07) is 5.04. The van der Waals surface area contributed by atoms with Gasteiger partial charge in [-0.3, -0.25) is 0 Å². The number of hydrogen-bond acceptors (Lipinski definition) is 5. The van der Waals surface area contributed by atoms with Crippen LogP contribution in [0.3, 0.4) is 0 Å². The van der Waals surface area contributed by atoms with Crippen LogP contribution < -0.4 is 5.32 Å². The van der Waals surface area contributed by atoms with Gasteiger partial charge < -0.3 is 20.3 Å². The first kappa shape index (κ1) is 14.0. The molecule has 17 heavy (non-hydrogen) atoms. The summed E-state index contributed by atoms with van der Waals surface area (Å²) < 4.78 is 5.44. The highest BCUT2D eigenvalue weighted by Gasteiger charge is 2.12. The number of halogens is 1. The van der Waals surface area contributed by atoms with E-state index in [1.807, 2.05) is 0 Å². The Balaban J connectivity index is 2.87. The minimum atomic E-state index is -0.875. The average molecular weight is 304 g/mol. The Morgan fingerprint density at radius 1 is 1.59 bits per heavy atom. The first-order valence-electron chi connectivity index (χ1n) is 4.99. The zero-order chi connectivity index (χ0) is 12.8. The molecular weight excluding hydrogens is 290 g/mol. The molecule has 0 saturated carbocycles. The molecule has 0 aliphatic carbocycles. The van der Waals surface area contributed by atoms with Gasteiger partial charge in [0.2, 0.25) is 0 Å². The Morgan fingerprint density at radius 3 is 2.88 bits per heavy atom. The van der Waals surface area contributed by atoms with Crippen molar-refractivity contribution in [2.75, 3.05) is 25.6 Å². The van der Waals surface area contributed by atoms with Crippen LogP contribution >= 0.6 is 15.9 Å². The minimum Gasteiger partial charge on any atom is -0.465 e. The van der Waals surface area contributed by atoms with Crippen LogP contribution in [0.4, 0.5) is 5.69 Å². The molecule has 0 spiro atoms. The molecule has 0 amide bonds. The Morgan fingerprint density at radius 2 is 2.29 bits per heavy atom. The zero-order valence-corrected chi connectivity index (χ0v) is 10.9. The van der Waals surface area contributed by atoms with Crippen molar-refractivity contribution in [2.24, 2.45) is 0 Å². The van der Waals surface area contributed by atoms with E-state index in [9.17, 15) is 9.90 Å². The molecule has 0 radical (unpaired) electrons. The van der Waals surface area contributed by atoms with Crippen LogP contribution in [-0.4, -0.2) is 42.5 Å². The van der Waals surface area contributed by atoms with Crippen LogP contribution in [0.25, 0.3) is 0 Å². The summed E-state index contributed by atoms with van der Waals surface area (Å²) >= 11 is 3.29. The highest BCUT2D eigenvalue weighted by Crippen LogP contribution is 2.22. The maximum Gasteiger partial charge on any atom is 0.339 e. The molecular formula is C11H14BrNO4. The van der Waals surface area contributed by atoms with E-state index in [0.717, 1.165) is 4.47 Å². The van der Waals surface area contributed by atoms with Gasteiger partial charge >= 0.3 is 5.97 Å². The van der Waals surface area contributed by atoms with Crippen molar-refractivity contribution in [1.82, 2.24) is 0 Å². The summed E-state index contributed by atoms with van der Waals surface area (Å²) in [7, 11) is 1.30. The molecule has 0 aromatic heterocycles. The first-order valence-corrected chi connectivity index (χ1v) is 5.78. The van der Waals surface area contributed by atoms with Crippen LogP contribution in [0.5, 0.6) is 0 Å². The van der Waals surface area contributed by atoms with Crippen molar-refractivity contribution in [3.8, 4) is 0 Å². The summed E-state index contributed by atoms with van der Waals surface area (Å²) in [6.45, 7) is -0.189. The molecule has 0 aliphatic rings. The van der Waals surface area contributed by atoms with Crippen molar-refractivity contribution in [1.29, 1.82) is 0 Å². The van der Waals surface area contributed by atoms with Crippen LogP contribution in [0.1, 0.15) is 10.4 Å². The van der Waals surface area contributed by atoms with E-state index in [4.69, 9.17) is 5.11 Å². The lowest BCUT2D eigenvalue weighted by atomic mass is 10.1. The molecule has 6 heteroatoms. The lowest BCUT2D eigenvalue weighted by Gasteiger charge is -2.13. The van der Waals surface area contributed by atoms with Gasteiger partial charge in [-0.05, 0) is 18.2 Å². The summed E-state index contributed by atoms with van der Waals surface area (Å²) in [5, 5.41) is 20.8. The minimum absolute atomic E-state index is 0.150. The second kappa shape index (κ2) is 6.58. The predicted molar refractivity (Wildman–Crippen MR) is 67.1 cm³/mol. The molecule has 0 saturated heterocycles. The number of hydrogen-bond donors (Lipinski definition) is 3. The lowest BCUT2D eigenvalue weighted by Crippen LogP contribution is -2.23. The molecule has 0 heterocycles. The monoisotopic (exact) mass is 303 g/mol. The van der Waals surface area contributed by atoms with Crippen LogP contribution in [0, 0.1) is 0 Å². The number of carbonyl (C=O) groups is 1. The summed E-state index contributed by atoms with van der Waals surface area (Å²) in [6.07, 6.45) is -0.875. The molecule has 3 N–H and O–H groups in total. The maximum atomic E-state index is 11.5. The normalized spacial score (nSPS) is 12.0. The third kappa shape index (κ3) is 3.99. The van der Waals surface area contributed by atoms with Gasteiger partial charge in [0, 0.05) is 16.7 Å². The third-order valence-electron chi connectivity index (χ3n) is 2.13. The molecule has 1 rings (SSSR count). The highest BCUT2D eigenvalue weighted by molar-refractivity contribution is 9.10. The van der Waals surface area contributed by atoms with Crippen molar-refractivity contribution in [2.45, 2.75) is 6.10 Å². The van der Waals surface area contributed by atoms with Gasteiger partial charge in [0.05, 0.1) is 25.4 Å². The number of aliphatic hydroxyl groups excluding tert-OH is 2. The van der Waals surface area contributed by atoms with Crippen molar-refractivity contribution >= 4 is 27.6 Å². The number of benzene rings is 1.